The van der Waals surface area contributed by atoms with Crippen molar-refractivity contribution < 1.29 is 19.4 Å². The zero-order valence-electron chi connectivity index (χ0n) is 17.1. The van der Waals surface area contributed by atoms with Crippen LogP contribution in [0.25, 0.3) is 10.9 Å². The molecule has 2 N–H and O–H groups in total. The highest BCUT2D eigenvalue weighted by Gasteiger charge is 2.43. The second-order valence-electron chi connectivity index (χ2n) is 8.72. The Labute approximate surface area is 175 Å². The first-order valence-electron chi connectivity index (χ1n) is 10.8. The number of benzene rings is 1. The van der Waals surface area contributed by atoms with E-state index in [-0.39, 0.29) is 23.5 Å². The van der Waals surface area contributed by atoms with E-state index in [1.165, 1.54) is 18.4 Å². The van der Waals surface area contributed by atoms with Crippen molar-refractivity contribution in [3.8, 4) is 5.75 Å². The van der Waals surface area contributed by atoms with Crippen LogP contribution in [0.4, 0.5) is 0 Å². The summed E-state index contributed by atoms with van der Waals surface area (Å²) in [5.74, 6) is 1.60. The van der Waals surface area contributed by atoms with E-state index in [0.29, 0.717) is 30.4 Å². The summed E-state index contributed by atoms with van der Waals surface area (Å²) in [6.07, 6.45) is 7.52. The van der Waals surface area contributed by atoms with Crippen LogP contribution < -0.4 is 0 Å². The van der Waals surface area contributed by atoms with Crippen LogP contribution in [0, 0.1) is 17.8 Å². The maximum atomic E-state index is 13.5. The van der Waals surface area contributed by atoms with Gasteiger partial charge in [-0.15, -0.1) is 0 Å². The highest BCUT2D eigenvalue weighted by atomic mass is 16.5. The minimum absolute atomic E-state index is 0.101. The zero-order chi connectivity index (χ0) is 20.8. The number of nitrogens with zero attached hydrogens (tertiary/aromatic N) is 1. The second kappa shape index (κ2) is 7.35. The molecule has 1 amide bonds. The Morgan fingerprint density at radius 2 is 2.00 bits per heavy atom. The Balaban J connectivity index is 1.54. The molecule has 6 nitrogen and oxygen atoms in total. The lowest BCUT2D eigenvalue weighted by Gasteiger charge is -2.33. The number of allylic oxidation sites excluding steroid dienone is 2. The lowest BCUT2D eigenvalue weighted by molar-refractivity contribution is -0.126. The number of carbonyl (C=O) groups excluding carboxylic acids is 2. The predicted molar refractivity (Wildman–Crippen MR) is 112 cm³/mol. The molecule has 0 radical (unpaired) electrons. The third-order valence-electron chi connectivity index (χ3n) is 6.90. The third-order valence-corrected chi connectivity index (χ3v) is 6.90. The van der Waals surface area contributed by atoms with E-state index in [4.69, 9.17) is 4.74 Å². The summed E-state index contributed by atoms with van der Waals surface area (Å²) in [6.45, 7) is 3.32. The first-order chi connectivity index (χ1) is 14.6. The van der Waals surface area contributed by atoms with Gasteiger partial charge in [-0.3, -0.25) is 9.59 Å². The van der Waals surface area contributed by atoms with Crippen LogP contribution >= 0.6 is 0 Å². The lowest BCUT2D eigenvalue weighted by atomic mass is 9.74. The van der Waals surface area contributed by atoms with Gasteiger partial charge in [-0.2, -0.15) is 0 Å². The van der Waals surface area contributed by atoms with Gasteiger partial charge < -0.3 is 19.7 Å². The maximum absolute atomic E-state index is 13.5. The number of carbonyl (C=O) groups is 2. The first-order valence-corrected chi connectivity index (χ1v) is 10.8. The number of aromatic hydroxyl groups is 1. The second-order valence-corrected chi connectivity index (χ2v) is 8.72. The van der Waals surface area contributed by atoms with E-state index in [1.807, 2.05) is 11.0 Å². The molecule has 30 heavy (non-hydrogen) atoms. The van der Waals surface area contributed by atoms with E-state index in [2.05, 4.69) is 11.9 Å². The summed E-state index contributed by atoms with van der Waals surface area (Å²) in [7, 11) is 0. The van der Waals surface area contributed by atoms with E-state index < -0.39 is 0 Å². The largest absolute Gasteiger partial charge is 0.508 e. The Kier molecular flexibility index (Phi) is 4.65. The van der Waals surface area contributed by atoms with Gasteiger partial charge in [-0.05, 0) is 54.5 Å². The van der Waals surface area contributed by atoms with Gasteiger partial charge in [0.25, 0.3) is 12.4 Å². The zero-order valence-corrected chi connectivity index (χ0v) is 17.1. The molecule has 0 bridgehead atoms. The summed E-state index contributed by atoms with van der Waals surface area (Å²) >= 11 is 0. The summed E-state index contributed by atoms with van der Waals surface area (Å²) in [5.41, 5.74) is 3.53. The van der Waals surface area contributed by atoms with Crippen molar-refractivity contribution in [2.45, 2.75) is 39.0 Å². The topological polar surface area (TPSA) is 82.6 Å². The highest BCUT2D eigenvalue weighted by Crippen LogP contribution is 2.49. The predicted octanol–water partition coefficient (Wildman–Crippen LogP) is 4.49. The number of rotatable bonds is 3. The van der Waals surface area contributed by atoms with Crippen molar-refractivity contribution in [1.82, 2.24) is 9.88 Å². The summed E-state index contributed by atoms with van der Waals surface area (Å²) in [5, 5.41) is 10.5. The molecule has 6 heteroatoms. The molecule has 2 aromatic rings. The number of phenols is 1. The van der Waals surface area contributed by atoms with Crippen LogP contribution in [-0.2, 0) is 9.53 Å². The van der Waals surface area contributed by atoms with Crippen LogP contribution in [0.3, 0.4) is 0 Å². The van der Waals surface area contributed by atoms with Crippen molar-refractivity contribution in [3.05, 3.63) is 53.1 Å². The third kappa shape index (κ3) is 3.02. The number of aromatic nitrogens is 1. The van der Waals surface area contributed by atoms with Gasteiger partial charge in [-0.1, -0.05) is 26.2 Å². The Morgan fingerprint density at radius 1 is 1.20 bits per heavy atom. The molecule has 3 unspecified atom stereocenters. The fraction of sp³-hybridized carbons (Fsp3) is 0.417. The Bertz CT molecular complexity index is 1080. The van der Waals surface area contributed by atoms with Gasteiger partial charge in [0.1, 0.15) is 17.2 Å². The SMILES string of the molecule is CC1CN(C(=O)c2cc3cc(O)ccc3[nH]2)C2=C1C1CCCCCC1C(OC=O)=C2. The van der Waals surface area contributed by atoms with Crippen LogP contribution in [0.5, 0.6) is 5.75 Å². The molecule has 2 heterocycles. The number of hydrogen-bond acceptors (Lipinski definition) is 4. The molecular weight excluding hydrogens is 380 g/mol. The molecule has 1 aromatic carbocycles. The van der Waals surface area contributed by atoms with Crippen LogP contribution in [0.2, 0.25) is 0 Å². The molecule has 0 saturated heterocycles. The summed E-state index contributed by atoms with van der Waals surface area (Å²) in [4.78, 5) is 29.6. The summed E-state index contributed by atoms with van der Waals surface area (Å²) in [6, 6.07) is 6.80. The fourth-order valence-corrected chi connectivity index (χ4v) is 5.61. The Morgan fingerprint density at radius 3 is 2.80 bits per heavy atom. The van der Waals surface area contributed by atoms with Crippen LogP contribution in [0.15, 0.2) is 47.4 Å². The fourth-order valence-electron chi connectivity index (χ4n) is 5.61. The van der Waals surface area contributed by atoms with Crippen molar-refractivity contribution in [2.24, 2.45) is 17.8 Å². The number of ether oxygens (including phenoxy) is 1. The average molecular weight is 406 g/mol. The van der Waals surface area contributed by atoms with Crippen LogP contribution in [-0.4, -0.2) is 33.9 Å². The molecule has 1 saturated carbocycles. The molecule has 3 aliphatic rings. The number of amides is 1. The number of hydrogen-bond donors (Lipinski definition) is 2. The van der Waals surface area contributed by atoms with Gasteiger partial charge in [-0.25, -0.2) is 0 Å². The quantitative estimate of drug-likeness (QED) is 0.736. The van der Waals surface area contributed by atoms with Crippen molar-refractivity contribution in [1.29, 1.82) is 0 Å². The molecule has 1 aromatic heterocycles. The number of nitrogens with one attached hydrogen (secondary N) is 1. The van der Waals surface area contributed by atoms with Crippen LogP contribution in [0.1, 0.15) is 49.5 Å². The number of aromatic amines is 1. The van der Waals surface area contributed by atoms with E-state index in [9.17, 15) is 14.7 Å². The van der Waals surface area contributed by atoms with E-state index in [1.54, 1.807) is 24.3 Å². The molecule has 156 valence electrons. The molecule has 5 rings (SSSR count). The number of H-pyrrole nitrogens is 1. The molecule has 1 aliphatic heterocycles. The minimum atomic E-state index is -0.101. The highest BCUT2D eigenvalue weighted by molar-refractivity contribution is 5.99. The number of phenolic OH excluding ortho intramolecular Hbond substituents is 1. The van der Waals surface area contributed by atoms with Crippen molar-refractivity contribution in [3.63, 3.8) is 0 Å². The lowest BCUT2D eigenvalue weighted by Crippen LogP contribution is -2.30. The smallest absolute Gasteiger partial charge is 0.298 e. The molecular formula is C24H26N2O4. The van der Waals surface area contributed by atoms with E-state index >= 15 is 0 Å². The Hall–Kier alpha value is -3.02. The minimum Gasteiger partial charge on any atom is -0.508 e. The standard InChI is InChI=1S/C24H26N2O4/c1-14-12-26(24(29)20-10-15-9-16(28)7-8-19(15)25-20)21-11-22(30-13-27)17-5-3-2-4-6-18(17)23(14)21/h7-11,13-14,17-18,25,28H,2-6,12H2,1H3. The van der Waals surface area contributed by atoms with Gasteiger partial charge >= 0.3 is 0 Å². The summed E-state index contributed by atoms with van der Waals surface area (Å²) < 4.78 is 5.42. The number of fused-ring (bicyclic) bond motifs is 3. The molecule has 0 spiro atoms. The first kappa shape index (κ1) is 19.0. The average Bonchev–Trinajstić information content (AvgIpc) is 3.19. The molecule has 3 atom stereocenters. The van der Waals surface area contributed by atoms with Crippen molar-refractivity contribution >= 4 is 23.3 Å². The van der Waals surface area contributed by atoms with Gasteiger partial charge in [0.15, 0.2) is 0 Å². The van der Waals surface area contributed by atoms with Gasteiger partial charge in [0.2, 0.25) is 0 Å². The van der Waals surface area contributed by atoms with Gasteiger partial charge in [0, 0.05) is 35.1 Å². The van der Waals surface area contributed by atoms with Gasteiger partial charge in [0.05, 0.1) is 0 Å². The normalized spacial score (nSPS) is 26.1. The molecule has 2 aliphatic carbocycles. The maximum Gasteiger partial charge on any atom is 0.298 e. The molecule has 1 fully saturated rings. The van der Waals surface area contributed by atoms with E-state index in [0.717, 1.165) is 35.9 Å². The van der Waals surface area contributed by atoms with Crippen molar-refractivity contribution in [2.75, 3.05) is 6.54 Å². The monoisotopic (exact) mass is 406 g/mol.